The van der Waals surface area contributed by atoms with Gasteiger partial charge in [0.1, 0.15) is 27.9 Å². The lowest BCUT2D eigenvalue weighted by Crippen LogP contribution is -2.31. The Morgan fingerprint density at radius 2 is 1.81 bits per heavy atom. The Morgan fingerprint density at radius 1 is 1.15 bits per heavy atom. The molecule has 0 aromatic heterocycles. The average molecular weight is 390 g/mol. The predicted octanol–water partition coefficient (Wildman–Crippen LogP) is 1.13. The summed E-state index contributed by atoms with van der Waals surface area (Å²) in [7, 11) is 6.76. The number of hydrogen-bond acceptors (Lipinski definition) is 7. The molecule has 0 saturated carbocycles. The van der Waals surface area contributed by atoms with Crippen LogP contribution in [0.3, 0.4) is 0 Å². The van der Waals surface area contributed by atoms with Crippen molar-refractivity contribution in [3.63, 3.8) is 0 Å². The average Bonchev–Trinajstić information content (AvgIpc) is 2.86. The SMILES string of the molecule is [B]CO[C@@H](COC(C)C)COP(=O)(O)OC1C[C@H]([B])O[C@@H]1COC(C)C. The lowest BCUT2D eigenvalue weighted by atomic mass is 9.96. The Kier molecular flexibility index (Phi) is 11.0. The molecule has 11 heteroatoms. The molecule has 1 N–H and O–H groups in total. The Bertz CT molecular complexity index is 440. The number of hydrogen-bond donors (Lipinski definition) is 1. The summed E-state index contributed by atoms with van der Waals surface area (Å²) < 4.78 is 44.1. The van der Waals surface area contributed by atoms with Gasteiger partial charge in [0.15, 0.2) is 0 Å². The third-order valence-corrected chi connectivity index (χ3v) is 4.47. The van der Waals surface area contributed by atoms with E-state index >= 15 is 0 Å². The molecular weight excluding hydrogens is 361 g/mol. The molecule has 0 aromatic rings. The Morgan fingerprint density at radius 3 is 2.38 bits per heavy atom. The highest BCUT2D eigenvalue weighted by Gasteiger charge is 2.39. The molecule has 1 fully saturated rings. The van der Waals surface area contributed by atoms with E-state index in [0.717, 1.165) is 0 Å². The topological polar surface area (TPSA) is 92.7 Å². The smallest absolute Gasteiger partial charge is 0.383 e. The van der Waals surface area contributed by atoms with Crippen LogP contribution in [0.5, 0.6) is 0 Å². The van der Waals surface area contributed by atoms with E-state index in [0.29, 0.717) is 0 Å². The van der Waals surface area contributed by atoms with Crippen molar-refractivity contribution >= 4 is 23.5 Å². The summed E-state index contributed by atoms with van der Waals surface area (Å²) in [5, 5.41) is 0. The predicted molar refractivity (Wildman–Crippen MR) is 97.4 cm³/mol. The van der Waals surface area contributed by atoms with Crippen LogP contribution in [0.2, 0.25) is 0 Å². The third-order valence-electron chi connectivity index (χ3n) is 3.46. The second kappa shape index (κ2) is 11.8. The minimum Gasteiger partial charge on any atom is -0.383 e. The highest BCUT2D eigenvalue weighted by atomic mass is 31.2. The van der Waals surface area contributed by atoms with Gasteiger partial charge in [0.05, 0.1) is 38.1 Å². The van der Waals surface area contributed by atoms with Gasteiger partial charge in [-0.2, -0.15) is 0 Å². The molecule has 1 aliphatic rings. The first-order valence-electron chi connectivity index (χ1n) is 8.74. The molecule has 8 nitrogen and oxygen atoms in total. The van der Waals surface area contributed by atoms with Gasteiger partial charge < -0.3 is 23.8 Å². The summed E-state index contributed by atoms with van der Waals surface area (Å²) in [5.74, 6) is 0. The second-order valence-corrected chi connectivity index (χ2v) is 7.98. The molecule has 0 aromatic carbocycles. The largest absolute Gasteiger partial charge is 0.472 e. The van der Waals surface area contributed by atoms with E-state index < -0.39 is 32.1 Å². The number of phosphoric ester groups is 1. The molecular formula is C15H29B2O8P. The van der Waals surface area contributed by atoms with Crippen LogP contribution in [0, 0.1) is 0 Å². The van der Waals surface area contributed by atoms with Gasteiger partial charge in [0.2, 0.25) is 0 Å². The van der Waals surface area contributed by atoms with Crippen molar-refractivity contribution < 1.29 is 37.5 Å². The van der Waals surface area contributed by atoms with Gasteiger partial charge in [-0.3, -0.25) is 9.05 Å². The molecule has 1 rings (SSSR count). The molecule has 4 radical (unpaired) electrons. The Hall–Kier alpha value is 0.0799. The number of rotatable bonds is 13. The van der Waals surface area contributed by atoms with E-state index in [4.69, 9.17) is 43.7 Å². The van der Waals surface area contributed by atoms with Gasteiger partial charge in [-0.25, -0.2) is 4.57 Å². The second-order valence-electron chi connectivity index (χ2n) is 6.58. The van der Waals surface area contributed by atoms with Gasteiger partial charge in [-0.05, 0) is 34.1 Å². The summed E-state index contributed by atoms with van der Waals surface area (Å²) in [6, 6.07) is -0.589. The monoisotopic (exact) mass is 390 g/mol. The van der Waals surface area contributed by atoms with Crippen LogP contribution in [0.4, 0.5) is 0 Å². The van der Waals surface area contributed by atoms with Crippen LogP contribution >= 0.6 is 7.82 Å². The van der Waals surface area contributed by atoms with Crippen molar-refractivity contribution in [1.29, 1.82) is 0 Å². The fraction of sp³-hybridized carbons (Fsp3) is 1.00. The molecule has 26 heavy (non-hydrogen) atoms. The van der Waals surface area contributed by atoms with Crippen molar-refractivity contribution in [3.05, 3.63) is 0 Å². The van der Waals surface area contributed by atoms with Crippen LogP contribution in [-0.4, -0.2) is 83.4 Å². The quantitative estimate of drug-likeness (QED) is 0.370. The molecule has 5 atom stereocenters. The summed E-state index contributed by atoms with van der Waals surface area (Å²) in [5.41, 5.74) is 0. The lowest BCUT2D eigenvalue weighted by molar-refractivity contribution is -0.0575. The van der Waals surface area contributed by atoms with Crippen molar-refractivity contribution in [3.8, 4) is 0 Å². The summed E-state index contributed by atoms with van der Waals surface area (Å²) in [4.78, 5) is 10.00. The lowest BCUT2D eigenvalue weighted by Gasteiger charge is -2.24. The number of phosphoric acid groups is 1. The number of ether oxygens (including phenoxy) is 4. The minimum absolute atomic E-state index is 0.0108. The van der Waals surface area contributed by atoms with Crippen molar-refractivity contribution in [2.75, 3.05) is 26.3 Å². The molecule has 0 amide bonds. The first-order valence-corrected chi connectivity index (χ1v) is 10.2. The molecule has 0 spiro atoms. The van der Waals surface area contributed by atoms with Crippen LogP contribution in [0.15, 0.2) is 0 Å². The fourth-order valence-corrected chi connectivity index (χ4v) is 3.23. The maximum absolute atomic E-state index is 12.3. The molecule has 1 aliphatic heterocycles. The van der Waals surface area contributed by atoms with E-state index in [1.54, 1.807) is 0 Å². The summed E-state index contributed by atoms with van der Waals surface area (Å²) in [6.45, 7) is 7.60. The fourth-order valence-electron chi connectivity index (χ4n) is 2.25. The van der Waals surface area contributed by atoms with E-state index in [1.165, 1.54) is 0 Å². The van der Waals surface area contributed by atoms with Crippen LogP contribution in [0.25, 0.3) is 0 Å². The van der Waals surface area contributed by atoms with Gasteiger partial charge in [0.25, 0.3) is 0 Å². The van der Waals surface area contributed by atoms with Crippen LogP contribution in [-0.2, 0) is 32.6 Å². The zero-order valence-electron chi connectivity index (χ0n) is 15.9. The maximum atomic E-state index is 12.3. The molecule has 0 aliphatic carbocycles. The summed E-state index contributed by atoms with van der Waals surface area (Å²) >= 11 is 0. The van der Waals surface area contributed by atoms with Crippen molar-refractivity contribution in [2.45, 2.75) is 70.6 Å². The zero-order valence-corrected chi connectivity index (χ0v) is 16.8. The van der Waals surface area contributed by atoms with Gasteiger partial charge >= 0.3 is 7.82 Å². The van der Waals surface area contributed by atoms with E-state index in [2.05, 4.69) is 0 Å². The summed E-state index contributed by atoms with van der Waals surface area (Å²) in [6.07, 6.45) is -1.61. The van der Waals surface area contributed by atoms with Gasteiger partial charge in [-0.1, -0.05) is 0 Å². The third kappa shape index (κ3) is 9.85. The van der Waals surface area contributed by atoms with Gasteiger partial charge in [-0.15, -0.1) is 0 Å². The minimum atomic E-state index is -4.35. The highest BCUT2D eigenvalue weighted by Crippen LogP contribution is 2.47. The first kappa shape index (κ1) is 24.1. The van der Waals surface area contributed by atoms with Crippen molar-refractivity contribution in [1.82, 2.24) is 0 Å². The molecule has 2 unspecified atom stereocenters. The van der Waals surface area contributed by atoms with E-state index in [1.807, 2.05) is 27.7 Å². The zero-order chi connectivity index (χ0) is 19.7. The molecule has 0 bridgehead atoms. The maximum Gasteiger partial charge on any atom is 0.472 e. The Labute approximate surface area is 158 Å². The highest BCUT2D eigenvalue weighted by molar-refractivity contribution is 7.47. The molecule has 1 saturated heterocycles. The normalized spacial score (nSPS) is 27.1. The molecule has 1 heterocycles. The first-order chi connectivity index (χ1) is 12.1. The standard InChI is InChI=1S/C15H29B2O8P/c1-10(2)20-6-12(22-9-16)7-23-26(18,19)25-13-5-15(17)24-14(13)8-21-11(3)4/h10-15H,5-9H2,1-4H3,(H,18,19)/t12-,13?,14+,15+/m0/s1. The van der Waals surface area contributed by atoms with Crippen LogP contribution < -0.4 is 0 Å². The van der Waals surface area contributed by atoms with E-state index in [-0.39, 0.29) is 45.0 Å². The van der Waals surface area contributed by atoms with Gasteiger partial charge in [0, 0.05) is 12.5 Å². The Balaban J connectivity index is 2.52. The van der Waals surface area contributed by atoms with Crippen molar-refractivity contribution in [2.24, 2.45) is 0 Å². The van der Waals surface area contributed by atoms with E-state index in [9.17, 15) is 9.46 Å². The van der Waals surface area contributed by atoms with Crippen LogP contribution in [0.1, 0.15) is 34.1 Å². The molecule has 148 valence electrons.